The van der Waals surface area contributed by atoms with E-state index in [-0.39, 0.29) is 11.5 Å². The van der Waals surface area contributed by atoms with Crippen LogP contribution in [0.5, 0.6) is 5.75 Å². The summed E-state index contributed by atoms with van der Waals surface area (Å²) in [5.41, 5.74) is 1.59. The summed E-state index contributed by atoms with van der Waals surface area (Å²) < 4.78 is 20.9. The minimum Gasteiger partial charge on any atom is -0.492 e. The average Bonchev–Trinajstić information content (AvgIpc) is 2.81. The van der Waals surface area contributed by atoms with Crippen LogP contribution in [0, 0.1) is 5.82 Å². The Hall–Kier alpha value is -2.08. The number of H-pyrrole nitrogens is 1. The molecule has 0 bridgehead atoms. The van der Waals surface area contributed by atoms with Crippen molar-refractivity contribution in [3.8, 4) is 5.75 Å². The normalized spacial score (nSPS) is 11.0. The molecule has 0 aliphatic rings. The van der Waals surface area contributed by atoms with Crippen molar-refractivity contribution in [1.29, 1.82) is 0 Å². The van der Waals surface area contributed by atoms with Gasteiger partial charge in [-0.1, -0.05) is 12.1 Å². The summed E-state index contributed by atoms with van der Waals surface area (Å²) in [5, 5.41) is 0. The number of fused-ring (bicyclic) bond motifs is 1. The molecule has 1 N–H and O–H groups in total. The van der Waals surface area contributed by atoms with Crippen molar-refractivity contribution in [3.05, 3.63) is 63.2 Å². The number of nitrogens with zero attached hydrogens (tertiary/aromatic N) is 1. The predicted octanol–water partition coefficient (Wildman–Crippen LogP) is 3.70. The van der Waals surface area contributed by atoms with Gasteiger partial charge in [-0.15, -0.1) is 0 Å². The molecule has 0 saturated heterocycles. The number of para-hydroxylation sites is 2. The van der Waals surface area contributed by atoms with Crippen molar-refractivity contribution in [1.82, 2.24) is 9.55 Å². The van der Waals surface area contributed by atoms with Crippen molar-refractivity contribution in [2.24, 2.45) is 0 Å². The van der Waals surface area contributed by atoms with E-state index in [1.165, 1.54) is 12.1 Å². The van der Waals surface area contributed by atoms with Crippen LogP contribution in [0.1, 0.15) is 6.42 Å². The molecule has 1 aromatic heterocycles. The molecule has 2 aromatic carbocycles. The van der Waals surface area contributed by atoms with E-state index in [0.29, 0.717) is 29.8 Å². The number of halogens is 2. The van der Waals surface area contributed by atoms with Crippen molar-refractivity contribution in [2.45, 2.75) is 13.0 Å². The summed E-state index contributed by atoms with van der Waals surface area (Å²) in [6, 6.07) is 11.9. The molecule has 0 saturated carbocycles. The summed E-state index contributed by atoms with van der Waals surface area (Å²) in [6.45, 7) is 0.998. The summed E-state index contributed by atoms with van der Waals surface area (Å²) in [4.78, 5) is 14.7. The van der Waals surface area contributed by atoms with E-state index >= 15 is 0 Å². The molecular formula is C16H14BrFN2O2. The van der Waals surface area contributed by atoms with Gasteiger partial charge in [0.1, 0.15) is 11.6 Å². The van der Waals surface area contributed by atoms with Gasteiger partial charge in [0.15, 0.2) is 0 Å². The van der Waals surface area contributed by atoms with E-state index in [9.17, 15) is 9.18 Å². The van der Waals surface area contributed by atoms with Crippen molar-refractivity contribution in [3.63, 3.8) is 0 Å². The van der Waals surface area contributed by atoms with E-state index in [2.05, 4.69) is 20.9 Å². The van der Waals surface area contributed by atoms with Gasteiger partial charge < -0.3 is 9.72 Å². The summed E-state index contributed by atoms with van der Waals surface area (Å²) in [6.07, 6.45) is 0.672. The number of imidazole rings is 1. The lowest BCUT2D eigenvalue weighted by atomic mass is 10.3. The fourth-order valence-corrected chi connectivity index (χ4v) is 2.79. The van der Waals surface area contributed by atoms with Crippen molar-refractivity contribution < 1.29 is 9.13 Å². The second-order valence-corrected chi connectivity index (χ2v) is 5.73. The average molecular weight is 365 g/mol. The van der Waals surface area contributed by atoms with E-state index in [1.54, 1.807) is 10.6 Å². The molecule has 0 fully saturated rings. The smallest absolute Gasteiger partial charge is 0.326 e. The van der Waals surface area contributed by atoms with E-state index < -0.39 is 0 Å². The largest absolute Gasteiger partial charge is 0.492 e. The Balaban J connectivity index is 1.63. The fraction of sp³-hybridized carbons (Fsp3) is 0.188. The van der Waals surface area contributed by atoms with Gasteiger partial charge in [0.05, 0.1) is 22.1 Å². The molecule has 6 heteroatoms. The maximum absolute atomic E-state index is 13.0. The highest BCUT2D eigenvalue weighted by Crippen LogP contribution is 2.25. The van der Waals surface area contributed by atoms with Crippen LogP contribution in [-0.2, 0) is 6.54 Å². The molecule has 0 spiro atoms. The Morgan fingerprint density at radius 1 is 1.23 bits per heavy atom. The van der Waals surface area contributed by atoms with Gasteiger partial charge >= 0.3 is 5.69 Å². The SMILES string of the molecule is O=c1[nH]c2ccccc2n1CCCOc1ccc(F)cc1Br. The number of ether oxygens (including phenoxy) is 1. The van der Waals surface area contributed by atoms with Crippen LogP contribution in [0.25, 0.3) is 11.0 Å². The lowest BCUT2D eigenvalue weighted by molar-refractivity contribution is 0.299. The van der Waals surface area contributed by atoms with Gasteiger partial charge in [-0.2, -0.15) is 0 Å². The van der Waals surface area contributed by atoms with Gasteiger partial charge in [-0.05, 0) is 52.7 Å². The molecule has 114 valence electrons. The first-order valence-corrected chi connectivity index (χ1v) is 7.70. The highest BCUT2D eigenvalue weighted by molar-refractivity contribution is 9.10. The first kappa shape index (κ1) is 14.8. The van der Waals surface area contributed by atoms with Crippen LogP contribution in [0.3, 0.4) is 0 Å². The highest BCUT2D eigenvalue weighted by Gasteiger charge is 2.06. The van der Waals surface area contributed by atoms with E-state index in [0.717, 1.165) is 11.0 Å². The summed E-state index contributed by atoms with van der Waals surface area (Å²) >= 11 is 3.26. The number of aromatic amines is 1. The van der Waals surface area contributed by atoms with Gasteiger partial charge in [0.25, 0.3) is 0 Å². The molecule has 0 amide bonds. The molecule has 3 aromatic rings. The van der Waals surface area contributed by atoms with Crippen LogP contribution >= 0.6 is 15.9 Å². The molecule has 0 radical (unpaired) electrons. The third-order valence-corrected chi connectivity index (χ3v) is 3.98. The fourth-order valence-electron chi connectivity index (χ4n) is 2.33. The minimum atomic E-state index is -0.315. The van der Waals surface area contributed by atoms with Gasteiger partial charge in [0.2, 0.25) is 0 Å². The first-order valence-electron chi connectivity index (χ1n) is 6.90. The highest BCUT2D eigenvalue weighted by atomic mass is 79.9. The zero-order valence-corrected chi connectivity index (χ0v) is 13.3. The first-order chi connectivity index (χ1) is 10.6. The Morgan fingerprint density at radius 3 is 2.86 bits per heavy atom. The standard InChI is InChI=1S/C16H14BrFN2O2/c17-12-10-11(18)6-7-15(12)22-9-3-8-20-14-5-2-1-4-13(14)19-16(20)21/h1-2,4-7,10H,3,8-9H2,(H,19,21). The van der Waals surface area contributed by atoms with Gasteiger partial charge in [-0.25, -0.2) is 9.18 Å². The van der Waals surface area contributed by atoms with Crippen molar-refractivity contribution in [2.75, 3.05) is 6.61 Å². The second-order valence-electron chi connectivity index (χ2n) is 4.88. The Bertz CT molecular complexity index is 857. The molecule has 0 aliphatic carbocycles. The molecule has 0 aliphatic heterocycles. The molecule has 1 heterocycles. The number of benzene rings is 2. The van der Waals surface area contributed by atoms with Crippen LogP contribution in [0.4, 0.5) is 4.39 Å². The Kier molecular flexibility index (Phi) is 4.29. The zero-order chi connectivity index (χ0) is 15.5. The Morgan fingerprint density at radius 2 is 2.05 bits per heavy atom. The lowest BCUT2D eigenvalue weighted by Gasteiger charge is -2.08. The summed E-state index contributed by atoms with van der Waals surface area (Å²) in [7, 11) is 0. The zero-order valence-electron chi connectivity index (χ0n) is 11.7. The number of aryl methyl sites for hydroxylation is 1. The molecule has 4 nitrogen and oxygen atoms in total. The van der Waals surface area contributed by atoms with Gasteiger partial charge in [-0.3, -0.25) is 4.57 Å². The second kappa shape index (κ2) is 6.36. The number of aromatic nitrogens is 2. The van der Waals surface area contributed by atoms with Crippen LogP contribution < -0.4 is 10.4 Å². The van der Waals surface area contributed by atoms with E-state index in [4.69, 9.17) is 4.74 Å². The third kappa shape index (κ3) is 3.06. The maximum Gasteiger partial charge on any atom is 0.326 e. The Labute approximate surface area is 134 Å². The number of nitrogens with one attached hydrogen (secondary N) is 1. The van der Waals surface area contributed by atoms with Crippen LogP contribution in [-0.4, -0.2) is 16.2 Å². The quantitative estimate of drug-likeness (QED) is 0.701. The lowest BCUT2D eigenvalue weighted by Crippen LogP contribution is -2.18. The van der Waals surface area contributed by atoms with Crippen LogP contribution in [0.2, 0.25) is 0 Å². The maximum atomic E-state index is 13.0. The molecular weight excluding hydrogens is 351 g/mol. The van der Waals surface area contributed by atoms with Crippen molar-refractivity contribution >= 4 is 27.0 Å². The van der Waals surface area contributed by atoms with Crippen LogP contribution in [0.15, 0.2) is 51.7 Å². The number of hydrogen-bond donors (Lipinski definition) is 1. The van der Waals surface area contributed by atoms with E-state index in [1.807, 2.05) is 24.3 Å². The number of hydrogen-bond acceptors (Lipinski definition) is 2. The third-order valence-electron chi connectivity index (χ3n) is 3.36. The molecule has 0 unspecified atom stereocenters. The van der Waals surface area contributed by atoms with Gasteiger partial charge in [0, 0.05) is 6.54 Å². The molecule has 0 atom stereocenters. The predicted molar refractivity (Wildman–Crippen MR) is 86.8 cm³/mol. The molecule has 3 rings (SSSR count). The molecule has 22 heavy (non-hydrogen) atoms. The number of rotatable bonds is 5. The summed E-state index contributed by atoms with van der Waals surface area (Å²) in [5.74, 6) is 0.275. The topological polar surface area (TPSA) is 47.0 Å². The monoisotopic (exact) mass is 364 g/mol. The minimum absolute atomic E-state index is 0.121.